The number of aryl methyl sites for hydroxylation is 1. The molecular weight excluding hydrogens is 220 g/mol. The van der Waals surface area contributed by atoms with Crippen molar-refractivity contribution in [1.82, 2.24) is 9.97 Å². The van der Waals surface area contributed by atoms with Crippen LogP contribution in [0, 0.1) is 6.92 Å². The number of thiazole rings is 1. The summed E-state index contributed by atoms with van der Waals surface area (Å²) >= 11 is 1.64. The molecule has 0 bridgehead atoms. The molecule has 0 aromatic carbocycles. The van der Waals surface area contributed by atoms with Crippen molar-refractivity contribution in [3.05, 3.63) is 34.4 Å². The van der Waals surface area contributed by atoms with Gasteiger partial charge in [0.1, 0.15) is 10.8 Å². The Morgan fingerprint density at radius 3 is 2.94 bits per heavy atom. The SMILES string of the molecule is Cc1csc(C(C)Nc2ncccc2N)n1. The van der Waals surface area contributed by atoms with Gasteiger partial charge in [0.05, 0.1) is 11.7 Å². The highest BCUT2D eigenvalue weighted by molar-refractivity contribution is 7.09. The van der Waals surface area contributed by atoms with Gasteiger partial charge in [0.25, 0.3) is 0 Å². The zero-order chi connectivity index (χ0) is 11.5. The number of nitrogens with one attached hydrogen (secondary N) is 1. The summed E-state index contributed by atoms with van der Waals surface area (Å²) in [6.45, 7) is 4.04. The molecule has 0 aliphatic carbocycles. The molecule has 5 heteroatoms. The summed E-state index contributed by atoms with van der Waals surface area (Å²) in [4.78, 5) is 8.62. The summed E-state index contributed by atoms with van der Waals surface area (Å²) in [5.74, 6) is 0.711. The first-order valence-electron chi connectivity index (χ1n) is 5.06. The standard InChI is InChI=1S/C11H14N4S/c1-7-6-16-11(14-7)8(2)15-10-9(12)4-3-5-13-10/h3-6,8H,12H2,1-2H3,(H,13,15). The van der Waals surface area contributed by atoms with E-state index in [9.17, 15) is 0 Å². The molecule has 2 rings (SSSR count). The lowest BCUT2D eigenvalue weighted by Crippen LogP contribution is -2.09. The Bertz CT molecular complexity index is 480. The Labute approximate surface area is 98.6 Å². The summed E-state index contributed by atoms with van der Waals surface area (Å²) in [6.07, 6.45) is 1.72. The molecule has 84 valence electrons. The van der Waals surface area contributed by atoms with Crippen molar-refractivity contribution in [3.8, 4) is 0 Å². The molecule has 0 aliphatic heterocycles. The van der Waals surface area contributed by atoms with Crippen molar-refractivity contribution in [3.63, 3.8) is 0 Å². The molecule has 0 saturated carbocycles. The number of pyridine rings is 1. The van der Waals surface area contributed by atoms with Crippen molar-refractivity contribution < 1.29 is 0 Å². The fourth-order valence-corrected chi connectivity index (χ4v) is 2.18. The molecular formula is C11H14N4S. The molecule has 2 heterocycles. The predicted molar refractivity (Wildman–Crippen MR) is 67.5 cm³/mol. The molecule has 0 saturated heterocycles. The maximum absolute atomic E-state index is 5.81. The van der Waals surface area contributed by atoms with Crippen LogP contribution >= 0.6 is 11.3 Å². The fraction of sp³-hybridized carbons (Fsp3) is 0.273. The van der Waals surface area contributed by atoms with Gasteiger partial charge in [-0.3, -0.25) is 0 Å². The second-order valence-corrected chi connectivity index (χ2v) is 4.52. The Kier molecular flexibility index (Phi) is 3.05. The van der Waals surface area contributed by atoms with Crippen LogP contribution in [-0.4, -0.2) is 9.97 Å². The maximum atomic E-state index is 5.81. The molecule has 1 unspecified atom stereocenters. The molecule has 3 N–H and O–H groups in total. The van der Waals surface area contributed by atoms with Crippen LogP contribution in [0.4, 0.5) is 11.5 Å². The highest BCUT2D eigenvalue weighted by atomic mass is 32.1. The predicted octanol–water partition coefficient (Wildman–Crippen LogP) is 2.60. The highest BCUT2D eigenvalue weighted by Crippen LogP contribution is 2.23. The number of aromatic nitrogens is 2. The van der Waals surface area contributed by atoms with Crippen LogP contribution in [0.2, 0.25) is 0 Å². The zero-order valence-electron chi connectivity index (χ0n) is 9.27. The Balaban J connectivity index is 2.13. The molecule has 2 aromatic heterocycles. The van der Waals surface area contributed by atoms with E-state index in [1.165, 1.54) is 0 Å². The smallest absolute Gasteiger partial charge is 0.149 e. The number of hydrogen-bond donors (Lipinski definition) is 2. The third-order valence-electron chi connectivity index (χ3n) is 2.20. The number of nitrogens with zero attached hydrogens (tertiary/aromatic N) is 2. The number of anilines is 2. The molecule has 0 amide bonds. The molecule has 0 aliphatic rings. The second-order valence-electron chi connectivity index (χ2n) is 3.63. The average molecular weight is 234 g/mol. The molecule has 0 radical (unpaired) electrons. The number of nitrogens with two attached hydrogens (primary N) is 1. The molecule has 2 aromatic rings. The second kappa shape index (κ2) is 4.49. The van der Waals surface area contributed by atoms with Crippen LogP contribution in [0.15, 0.2) is 23.7 Å². The lowest BCUT2D eigenvalue weighted by Gasteiger charge is -2.13. The van der Waals surface area contributed by atoms with Gasteiger partial charge in [0, 0.05) is 17.3 Å². The van der Waals surface area contributed by atoms with Crippen molar-refractivity contribution >= 4 is 22.8 Å². The van der Waals surface area contributed by atoms with E-state index < -0.39 is 0 Å². The van der Waals surface area contributed by atoms with Crippen LogP contribution in [0.3, 0.4) is 0 Å². The fourth-order valence-electron chi connectivity index (χ4n) is 1.38. The van der Waals surface area contributed by atoms with Gasteiger partial charge < -0.3 is 11.1 Å². The van der Waals surface area contributed by atoms with E-state index in [0.29, 0.717) is 11.5 Å². The van der Waals surface area contributed by atoms with Crippen LogP contribution in [-0.2, 0) is 0 Å². The van der Waals surface area contributed by atoms with Gasteiger partial charge in [-0.05, 0) is 26.0 Å². The average Bonchev–Trinajstić information content (AvgIpc) is 2.68. The minimum Gasteiger partial charge on any atom is -0.396 e. The van der Waals surface area contributed by atoms with Crippen LogP contribution in [0.25, 0.3) is 0 Å². The first kappa shape index (κ1) is 10.9. The van der Waals surface area contributed by atoms with E-state index in [1.807, 2.05) is 31.4 Å². The van der Waals surface area contributed by atoms with Crippen LogP contribution < -0.4 is 11.1 Å². The molecule has 16 heavy (non-hydrogen) atoms. The van der Waals surface area contributed by atoms with Gasteiger partial charge in [0.2, 0.25) is 0 Å². The highest BCUT2D eigenvalue weighted by Gasteiger charge is 2.10. The van der Waals surface area contributed by atoms with E-state index in [4.69, 9.17) is 5.73 Å². The maximum Gasteiger partial charge on any atom is 0.149 e. The molecule has 0 spiro atoms. The topological polar surface area (TPSA) is 63.8 Å². The van der Waals surface area contributed by atoms with Gasteiger partial charge in [0.15, 0.2) is 0 Å². The normalized spacial score (nSPS) is 12.4. The zero-order valence-corrected chi connectivity index (χ0v) is 10.1. The van der Waals surface area contributed by atoms with Gasteiger partial charge in [-0.25, -0.2) is 9.97 Å². The summed E-state index contributed by atoms with van der Waals surface area (Å²) in [6, 6.07) is 3.77. The quantitative estimate of drug-likeness (QED) is 0.856. The first-order chi connectivity index (χ1) is 7.66. The monoisotopic (exact) mass is 234 g/mol. The minimum absolute atomic E-state index is 0.121. The minimum atomic E-state index is 0.121. The summed E-state index contributed by atoms with van der Waals surface area (Å²) in [5, 5.41) is 6.33. The van der Waals surface area contributed by atoms with Crippen molar-refractivity contribution in [2.24, 2.45) is 0 Å². The van der Waals surface area contributed by atoms with Gasteiger partial charge in [-0.15, -0.1) is 11.3 Å². The van der Waals surface area contributed by atoms with E-state index in [2.05, 4.69) is 15.3 Å². The van der Waals surface area contributed by atoms with E-state index in [0.717, 1.165) is 10.7 Å². The lowest BCUT2D eigenvalue weighted by atomic mass is 10.3. The van der Waals surface area contributed by atoms with Gasteiger partial charge in [-0.2, -0.15) is 0 Å². The van der Waals surface area contributed by atoms with Gasteiger partial charge >= 0.3 is 0 Å². The summed E-state index contributed by atoms with van der Waals surface area (Å²) < 4.78 is 0. The van der Waals surface area contributed by atoms with Crippen molar-refractivity contribution in [2.45, 2.75) is 19.9 Å². The number of rotatable bonds is 3. The van der Waals surface area contributed by atoms with Crippen molar-refractivity contribution in [2.75, 3.05) is 11.1 Å². The Morgan fingerprint density at radius 1 is 1.50 bits per heavy atom. The lowest BCUT2D eigenvalue weighted by molar-refractivity contribution is 0.856. The molecule has 4 nitrogen and oxygen atoms in total. The van der Waals surface area contributed by atoms with Crippen LogP contribution in [0.5, 0.6) is 0 Å². The number of nitrogen functional groups attached to an aromatic ring is 1. The molecule has 1 atom stereocenters. The van der Waals surface area contributed by atoms with Crippen LogP contribution in [0.1, 0.15) is 23.7 Å². The van der Waals surface area contributed by atoms with Gasteiger partial charge in [-0.1, -0.05) is 0 Å². The van der Waals surface area contributed by atoms with Crippen molar-refractivity contribution in [1.29, 1.82) is 0 Å². The Morgan fingerprint density at radius 2 is 2.31 bits per heavy atom. The summed E-state index contributed by atoms with van der Waals surface area (Å²) in [7, 11) is 0. The Hall–Kier alpha value is -1.62. The third kappa shape index (κ3) is 2.30. The van der Waals surface area contributed by atoms with E-state index in [1.54, 1.807) is 17.5 Å². The van der Waals surface area contributed by atoms with E-state index >= 15 is 0 Å². The first-order valence-corrected chi connectivity index (χ1v) is 5.94. The molecule has 0 fully saturated rings. The largest absolute Gasteiger partial charge is 0.396 e. The van der Waals surface area contributed by atoms with E-state index in [-0.39, 0.29) is 6.04 Å². The summed E-state index contributed by atoms with van der Waals surface area (Å²) in [5.41, 5.74) is 7.51. The third-order valence-corrected chi connectivity index (χ3v) is 3.34. The number of hydrogen-bond acceptors (Lipinski definition) is 5.